The molecule has 2 aromatic carbocycles. The fraction of sp³-hybridized carbons (Fsp3) is 0.273. The number of aryl methyl sites for hydroxylation is 1. The minimum atomic E-state index is -1.09. The lowest BCUT2D eigenvalue weighted by Crippen LogP contribution is -2.27. The summed E-state index contributed by atoms with van der Waals surface area (Å²) in [6, 6.07) is 12.3. The van der Waals surface area contributed by atoms with Crippen LogP contribution in [0.3, 0.4) is 0 Å². The van der Waals surface area contributed by atoms with Crippen LogP contribution in [0.1, 0.15) is 19.4 Å². The second-order valence-electron chi connectivity index (χ2n) is 7.16. The number of carbonyl (C=O) groups is 1. The molecule has 0 N–H and O–H groups in total. The molecule has 0 saturated heterocycles. The van der Waals surface area contributed by atoms with Crippen LogP contribution in [0.2, 0.25) is 5.02 Å². The molecule has 8 heteroatoms. The molecule has 0 saturated carbocycles. The second kappa shape index (κ2) is 8.56. The van der Waals surface area contributed by atoms with Crippen LogP contribution in [0, 0.1) is 23.7 Å². The topological polar surface area (TPSA) is 94.3 Å². The summed E-state index contributed by atoms with van der Waals surface area (Å²) in [5.74, 6) is 1.03. The van der Waals surface area contributed by atoms with E-state index < -0.39 is 5.41 Å². The summed E-state index contributed by atoms with van der Waals surface area (Å²) in [5, 5.41) is 10.3. The number of ether oxygens (including phenoxy) is 3. The quantitative estimate of drug-likeness (QED) is 0.531. The van der Waals surface area contributed by atoms with E-state index in [0.717, 1.165) is 5.56 Å². The molecule has 0 aliphatic carbocycles. The average molecular weight is 426 g/mol. The minimum absolute atomic E-state index is 0.126. The predicted molar refractivity (Wildman–Crippen MR) is 112 cm³/mol. The first-order valence-corrected chi connectivity index (χ1v) is 9.48. The van der Waals surface area contributed by atoms with Crippen LogP contribution in [0.15, 0.2) is 36.4 Å². The number of ketones is 1. The van der Waals surface area contributed by atoms with E-state index in [1.165, 1.54) is 7.11 Å². The number of methoxy groups -OCH3 is 1. The number of hydrogen-bond acceptors (Lipinski definition) is 7. The van der Waals surface area contributed by atoms with Gasteiger partial charge in [-0.2, -0.15) is 15.2 Å². The van der Waals surface area contributed by atoms with E-state index >= 15 is 0 Å². The molecular formula is C22H20ClN3O4. The average Bonchev–Trinajstić information content (AvgIpc) is 2.73. The Kier molecular flexibility index (Phi) is 6.09. The summed E-state index contributed by atoms with van der Waals surface area (Å²) in [7, 11) is 1.51. The highest BCUT2D eigenvalue weighted by Crippen LogP contribution is 2.31. The number of nitrogens with zero attached hydrogens (tertiary/aromatic N) is 3. The summed E-state index contributed by atoms with van der Waals surface area (Å²) in [6.45, 7) is 4.82. The van der Waals surface area contributed by atoms with E-state index in [9.17, 15) is 4.79 Å². The monoisotopic (exact) mass is 425 g/mol. The van der Waals surface area contributed by atoms with Crippen molar-refractivity contribution in [1.29, 1.82) is 5.26 Å². The molecule has 154 valence electrons. The Hall–Kier alpha value is -3.37. The number of fused-ring (bicyclic) bond motifs is 1. The first-order valence-electron chi connectivity index (χ1n) is 9.10. The van der Waals surface area contributed by atoms with Crippen molar-refractivity contribution in [2.45, 2.75) is 20.8 Å². The Bertz CT molecular complexity index is 1140. The zero-order valence-corrected chi connectivity index (χ0v) is 17.8. The van der Waals surface area contributed by atoms with Crippen molar-refractivity contribution < 1.29 is 19.0 Å². The fourth-order valence-electron chi connectivity index (χ4n) is 2.51. The van der Waals surface area contributed by atoms with Crippen LogP contribution < -0.4 is 14.2 Å². The van der Waals surface area contributed by atoms with E-state index in [1.807, 2.05) is 19.1 Å². The van der Waals surface area contributed by atoms with Gasteiger partial charge in [0.1, 0.15) is 23.5 Å². The standard InChI is InChI=1S/C22H20ClN3O4/c1-13-9-18-16(10-17(13)23)20(28-4)26-21(25-18)30-15-7-5-14(6-8-15)29-11-19(27)22(2,3)12-24/h5-10H,11H2,1-4H3. The number of hydrogen-bond donors (Lipinski definition) is 0. The van der Waals surface area contributed by atoms with Crippen molar-refractivity contribution in [2.75, 3.05) is 13.7 Å². The molecule has 7 nitrogen and oxygen atoms in total. The van der Waals surface area contributed by atoms with Gasteiger partial charge in [0, 0.05) is 5.02 Å². The molecule has 0 spiro atoms. The van der Waals surface area contributed by atoms with Crippen LogP contribution in [0.4, 0.5) is 0 Å². The van der Waals surface area contributed by atoms with E-state index in [-0.39, 0.29) is 18.4 Å². The van der Waals surface area contributed by atoms with E-state index in [1.54, 1.807) is 44.2 Å². The maximum absolute atomic E-state index is 12.0. The molecule has 0 amide bonds. The molecule has 0 bridgehead atoms. The molecule has 0 aliphatic rings. The molecule has 1 heterocycles. The largest absolute Gasteiger partial charge is 0.486 e. The summed E-state index contributed by atoms with van der Waals surface area (Å²) in [5.41, 5.74) is 0.446. The highest BCUT2D eigenvalue weighted by Gasteiger charge is 2.27. The molecule has 0 atom stereocenters. The van der Waals surface area contributed by atoms with E-state index in [0.29, 0.717) is 33.3 Å². The van der Waals surface area contributed by atoms with Gasteiger partial charge in [-0.15, -0.1) is 0 Å². The molecule has 30 heavy (non-hydrogen) atoms. The van der Waals surface area contributed by atoms with Crippen molar-refractivity contribution in [3.05, 3.63) is 47.0 Å². The van der Waals surface area contributed by atoms with Crippen LogP contribution in [-0.4, -0.2) is 29.5 Å². The van der Waals surface area contributed by atoms with Crippen LogP contribution in [0.25, 0.3) is 10.9 Å². The summed E-state index contributed by atoms with van der Waals surface area (Å²) in [6.07, 6.45) is 0. The Morgan fingerprint density at radius 3 is 2.47 bits per heavy atom. The molecular weight excluding hydrogens is 406 g/mol. The van der Waals surface area contributed by atoms with Crippen LogP contribution >= 0.6 is 11.6 Å². The van der Waals surface area contributed by atoms with Gasteiger partial charge >= 0.3 is 6.01 Å². The third-order valence-electron chi connectivity index (χ3n) is 4.49. The number of aromatic nitrogens is 2. The van der Waals surface area contributed by atoms with Gasteiger partial charge in [-0.1, -0.05) is 11.6 Å². The van der Waals surface area contributed by atoms with Crippen molar-refractivity contribution in [2.24, 2.45) is 5.41 Å². The first kappa shape index (κ1) is 21.3. The smallest absolute Gasteiger partial charge is 0.325 e. The van der Waals surface area contributed by atoms with Crippen LogP contribution in [-0.2, 0) is 4.79 Å². The zero-order valence-electron chi connectivity index (χ0n) is 17.0. The highest BCUT2D eigenvalue weighted by atomic mass is 35.5. The Labute approximate surface area is 179 Å². The molecule has 3 rings (SSSR count). The molecule has 0 radical (unpaired) electrons. The number of halogens is 1. The van der Waals surface area contributed by atoms with Crippen LogP contribution in [0.5, 0.6) is 23.4 Å². The number of carbonyl (C=O) groups excluding carboxylic acids is 1. The number of Topliss-reactive ketones (excluding diaryl/α,β-unsaturated/α-hetero) is 1. The van der Waals surface area contributed by atoms with Gasteiger partial charge in [0.2, 0.25) is 5.88 Å². The lowest BCUT2D eigenvalue weighted by Gasteiger charge is -2.14. The van der Waals surface area contributed by atoms with Crippen molar-refractivity contribution in [3.8, 4) is 29.5 Å². The van der Waals surface area contributed by atoms with E-state index in [4.69, 9.17) is 31.1 Å². The normalized spacial score (nSPS) is 11.1. The lowest BCUT2D eigenvalue weighted by molar-refractivity contribution is -0.126. The van der Waals surface area contributed by atoms with Gasteiger partial charge in [-0.25, -0.2) is 0 Å². The molecule has 3 aromatic rings. The van der Waals surface area contributed by atoms with Gasteiger partial charge < -0.3 is 14.2 Å². The predicted octanol–water partition coefficient (Wildman–Crippen LogP) is 4.89. The summed E-state index contributed by atoms with van der Waals surface area (Å²) >= 11 is 6.19. The van der Waals surface area contributed by atoms with Crippen molar-refractivity contribution in [3.63, 3.8) is 0 Å². The maximum atomic E-state index is 12.0. The molecule has 0 unspecified atom stereocenters. The number of benzene rings is 2. The van der Waals surface area contributed by atoms with Gasteiger partial charge in [-0.05, 0) is 62.7 Å². The van der Waals surface area contributed by atoms with Gasteiger partial charge in [0.15, 0.2) is 5.78 Å². The van der Waals surface area contributed by atoms with Gasteiger partial charge in [0.05, 0.1) is 24.1 Å². The zero-order chi connectivity index (χ0) is 21.9. The van der Waals surface area contributed by atoms with E-state index in [2.05, 4.69) is 9.97 Å². The minimum Gasteiger partial charge on any atom is -0.486 e. The molecule has 0 aliphatic heterocycles. The second-order valence-corrected chi connectivity index (χ2v) is 7.56. The fourth-order valence-corrected chi connectivity index (χ4v) is 2.67. The van der Waals surface area contributed by atoms with Gasteiger partial charge in [0.25, 0.3) is 0 Å². The maximum Gasteiger partial charge on any atom is 0.325 e. The Morgan fingerprint density at radius 2 is 1.83 bits per heavy atom. The molecule has 1 aromatic heterocycles. The summed E-state index contributed by atoms with van der Waals surface area (Å²) < 4.78 is 16.6. The molecule has 0 fully saturated rings. The highest BCUT2D eigenvalue weighted by molar-refractivity contribution is 6.32. The van der Waals surface area contributed by atoms with Crippen molar-refractivity contribution in [1.82, 2.24) is 9.97 Å². The first-order chi connectivity index (χ1) is 14.2. The summed E-state index contributed by atoms with van der Waals surface area (Å²) in [4.78, 5) is 20.7. The number of rotatable bonds is 7. The lowest BCUT2D eigenvalue weighted by atomic mass is 9.90. The Morgan fingerprint density at radius 1 is 1.17 bits per heavy atom. The Balaban J connectivity index is 1.75. The SMILES string of the molecule is COc1nc(Oc2ccc(OCC(=O)C(C)(C)C#N)cc2)nc2cc(C)c(Cl)cc12. The van der Waals surface area contributed by atoms with Gasteiger partial charge in [-0.3, -0.25) is 4.79 Å². The van der Waals surface area contributed by atoms with Crippen molar-refractivity contribution >= 4 is 28.3 Å². The third kappa shape index (κ3) is 4.61. The third-order valence-corrected chi connectivity index (χ3v) is 4.90. The number of nitriles is 1.